The van der Waals surface area contributed by atoms with E-state index >= 15 is 0 Å². The van der Waals surface area contributed by atoms with Gasteiger partial charge in [-0.25, -0.2) is 0 Å². The minimum atomic E-state index is 0.212. The first-order valence-corrected chi connectivity index (χ1v) is 10.2. The van der Waals surface area contributed by atoms with Crippen LogP contribution in [0, 0.1) is 24.7 Å². The van der Waals surface area contributed by atoms with Crippen molar-refractivity contribution in [2.75, 3.05) is 0 Å². The molecule has 6 rings (SSSR count). The van der Waals surface area contributed by atoms with Gasteiger partial charge in [-0.2, -0.15) is 0 Å². The van der Waals surface area contributed by atoms with Crippen molar-refractivity contribution in [3.05, 3.63) is 41.3 Å². The van der Waals surface area contributed by atoms with Gasteiger partial charge in [0.1, 0.15) is 0 Å². The third-order valence-corrected chi connectivity index (χ3v) is 7.23. The highest BCUT2D eigenvalue weighted by molar-refractivity contribution is 7.98. The molecule has 0 aliphatic heterocycles. The number of nitrogens with zero attached hydrogens (tertiary/aromatic N) is 2. The summed E-state index contributed by atoms with van der Waals surface area (Å²) in [4.78, 5) is 0. The minimum absolute atomic E-state index is 0.212. The van der Waals surface area contributed by atoms with E-state index in [0.29, 0.717) is 0 Å². The van der Waals surface area contributed by atoms with Gasteiger partial charge in [-0.1, -0.05) is 41.6 Å². The third kappa shape index (κ3) is 2.59. The van der Waals surface area contributed by atoms with E-state index < -0.39 is 0 Å². The molecule has 4 aliphatic carbocycles. The lowest BCUT2D eigenvalue weighted by Crippen LogP contribution is -2.48. The van der Waals surface area contributed by atoms with E-state index in [1.165, 1.54) is 49.7 Å². The highest BCUT2D eigenvalue weighted by Gasteiger charge is 2.54. The molecule has 4 heteroatoms. The molecule has 0 amide bonds. The van der Waals surface area contributed by atoms with Crippen molar-refractivity contribution in [3.63, 3.8) is 0 Å². The van der Waals surface area contributed by atoms with Gasteiger partial charge < -0.3 is 4.42 Å². The van der Waals surface area contributed by atoms with Crippen LogP contribution in [0.4, 0.5) is 0 Å². The fourth-order valence-corrected chi connectivity index (χ4v) is 6.51. The van der Waals surface area contributed by atoms with E-state index in [-0.39, 0.29) is 5.41 Å². The molecule has 0 spiro atoms. The van der Waals surface area contributed by atoms with Gasteiger partial charge in [0.25, 0.3) is 5.22 Å². The molecule has 1 heterocycles. The average molecular weight is 340 g/mol. The topological polar surface area (TPSA) is 38.9 Å². The smallest absolute Gasteiger partial charge is 0.276 e. The molecular formula is C20H24N2OS. The lowest BCUT2D eigenvalue weighted by Gasteiger charge is -2.55. The summed E-state index contributed by atoms with van der Waals surface area (Å²) >= 11 is 1.67. The van der Waals surface area contributed by atoms with Crippen LogP contribution in [-0.2, 0) is 11.2 Å². The molecule has 4 saturated carbocycles. The molecule has 3 nitrogen and oxygen atoms in total. The Hall–Kier alpha value is -1.29. The second kappa shape index (κ2) is 5.62. The Morgan fingerprint density at radius 2 is 1.79 bits per heavy atom. The first-order valence-electron chi connectivity index (χ1n) is 9.21. The second-order valence-corrected chi connectivity index (χ2v) is 9.28. The summed E-state index contributed by atoms with van der Waals surface area (Å²) in [5.41, 5.74) is 2.83. The van der Waals surface area contributed by atoms with Crippen LogP contribution in [0.3, 0.4) is 0 Å². The van der Waals surface area contributed by atoms with E-state index in [9.17, 15) is 0 Å². The molecular weight excluding hydrogens is 316 g/mol. The molecule has 4 bridgehead atoms. The zero-order valence-electron chi connectivity index (χ0n) is 14.2. The highest BCUT2D eigenvalue weighted by Crippen LogP contribution is 2.60. The van der Waals surface area contributed by atoms with E-state index in [0.717, 1.165) is 34.6 Å². The Morgan fingerprint density at radius 1 is 1.08 bits per heavy atom. The van der Waals surface area contributed by atoms with Gasteiger partial charge in [0.15, 0.2) is 0 Å². The largest absolute Gasteiger partial charge is 0.415 e. The van der Waals surface area contributed by atoms with Crippen molar-refractivity contribution in [2.45, 2.75) is 61.8 Å². The molecule has 126 valence electrons. The average Bonchev–Trinajstić information content (AvgIpc) is 3.02. The fourth-order valence-electron chi connectivity index (χ4n) is 5.80. The standard InChI is InChI=1S/C20H24N2OS/c1-13-3-2-4-14(5-13)12-24-19-22-21-18(23-19)20-9-15-6-16(10-20)8-17(7-15)11-20/h2-5,15-17H,6-12H2,1H3. The van der Waals surface area contributed by atoms with Crippen LogP contribution in [0.5, 0.6) is 0 Å². The van der Waals surface area contributed by atoms with Crippen LogP contribution in [0.15, 0.2) is 33.9 Å². The Labute approximate surface area is 147 Å². The Morgan fingerprint density at radius 3 is 2.46 bits per heavy atom. The number of aryl methyl sites for hydroxylation is 1. The number of benzene rings is 1. The van der Waals surface area contributed by atoms with E-state index in [2.05, 4.69) is 41.4 Å². The molecule has 0 unspecified atom stereocenters. The van der Waals surface area contributed by atoms with Crippen molar-refractivity contribution in [2.24, 2.45) is 17.8 Å². The summed E-state index contributed by atoms with van der Waals surface area (Å²) in [7, 11) is 0. The predicted octanol–water partition coefficient (Wildman–Crippen LogP) is 5.14. The van der Waals surface area contributed by atoms with Gasteiger partial charge in [-0.05, 0) is 68.8 Å². The van der Waals surface area contributed by atoms with E-state index in [1.807, 2.05) is 0 Å². The van der Waals surface area contributed by atoms with Gasteiger partial charge in [0, 0.05) is 11.2 Å². The van der Waals surface area contributed by atoms with Gasteiger partial charge in [0.2, 0.25) is 5.89 Å². The van der Waals surface area contributed by atoms with Crippen LogP contribution in [-0.4, -0.2) is 10.2 Å². The monoisotopic (exact) mass is 340 g/mol. The van der Waals surface area contributed by atoms with Crippen molar-refractivity contribution >= 4 is 11.8 Å². The van der Waals surface area contributed by atoms with Crippen molar-refractivity contribution in [1.82, 2.24) is 10.2 Å². The Balaban J connectivity index is 1.32. The summed E-state index contributed by atoms with van der Waals surface area (Å²) < 4.78 is 6.16. The summed E-state index contributed by atoms with van der Waals surface area (Å²) in [6.07, 6.45) is 8.18. The van der Waals surface area contributed by atoms with Crippen LogP contribution in [0.2, 0.25) is 0 Å². The molecule has 0 N–H and O–H groups in total. The molecule has 0 radical (unpaired) electrons. The third-order valence-electron chi connectivity index (χ3n) is 6.34. The fraction of sp³-hybridized carbons (Fsp3) is 0.600. The summed E-state index contributed by atoms with van der Waals surface area (Å²) in [5, 5.41) is 9.59. The maximum Gasteiger partial charge on any atom is 0.276 e. The zero-order valence-corrected chi connectivity index (χ0v) is 15.0. The lowest BCUT2D eigenvalue weighted by atomic mass is 9.49. The van der Waals surface area contributed by atoms with Crippen LogP contribution in [0.1, 0.15) is 55.5 Å². The second-order valence-electron chi connectivity index (χ2n) is 8.35. The minimum Gasteiger partial charge on any atom is -0.415 e. The summed E-state index contributed by atoms with van der Waals surface area (Å²) in [6.45, 7) is 2.13. The molecule has 4 fully saturated rings. The van der Waals surface area contributed by atoms with Crippen LogP contribution >= 0.6 is 11.8 Å². The first kappa shape index (κ1) is 15.0. The quantitative estimate of drug-likeness (QED) is 0.723. The number of hydrogen-bond donors (Lipinski definition) is 0. The van der Waals surface area contributed by atoms with Gasteiger partial charge >= 0.3 is 0 Å². The Bertz CT molecular complexity index is 718. The SMILES string of the molecule is Cc1cccc(CSc2nnc(C34CC5CC(CC(C5)C3)C4)o2)c1. The van der Waals surface area contributed by atoms with Crippen LogP contribution < -0.4 is 0 Å². The first-order chi connectivity index (χ1) is 11.7. The molecule has 24 heavy (non-hydrogen) atoms. The normalized spacial score (nSPS) is 34.0. The van der Waals surface area contributed by atoms with E-state index in [1.54, 1.807) is 11.8 Å². The molecule has 2 aromatic rings. The number of rotatable bonds is 4. The van der Waals surface area contributed by atoms with Crippen molar-refractivity contribution < 1.29 is 4.42 Å². The molecule has 1 aromatic carbocycles. The van der Waals surface area contributed by atoms with Gasteiger partial charge in [-0.3, -0.25) is 0 Å². The highest BCUT2D eigenvalue weighted by atomic mass is 32.2. The maximum atomic E-state index is 6.16. The summed E-state index contributed by atoms with van der Waals surface area (Å²) in [5.74, 6) is 4.56. The number of thioether (sulfide) groups is 1. The van der Waals surface area contributed by atoms with Crippen molar-refractivity contribution in [1.29, 1.82) is 0 Å². The van der Waals surface area contributed by atoms with Gasteiger partial charge in [-0.15, -0.1) is 10.2 Å². The lowest BCUT2D eigenvalue weighted by molar-refractivity contribution is -0.0191. The number of aromatic nitrogens is 2. The maximum absolute atomic E-state index is 6.16. The van der Waals surface area contributed by atoms with Crippen molar-refractivity contribution in [3.8, 4) is 0 Å². The zero-order chi connectivity index (χ0) is 16.1. The predicted molar refractivity (Wildman–Crippen MR) is 94.9 cm³/mol. The van der Waals surface area contributed by atoms with Crippen LogP contribution in [0.25, 0.3) is 0 Å². The molecule has 1 aromatic heterocycles. The summed E-state index contributed by atoms with van der Waals surface area (Å²) in [6, 6.07) is 8.63. The van der Waals surface area contributed by atoms with E-state index in [4.69, 9.17) is 4.42 Å². The van der Waals surface area contributed by atoms with Gasteiger partial charge in [0.05, 0.1) is 0 Å². The number of hydrogen-bond acceptors (Lipinski definition) is 4. The molecule has 0 atom stereocenters. The Kier molecular flexibility index (Phi) is 3.51. The molecule has 4 aliphatic rings. The molecule has 0 saturated heterocycles.